The largest absolute Gasteiger partial charge is 0.497 e. The lowest BCUT2D eigenvalue weighted by Gasteiger charge is -2.25. The lowest BCUT2D eigenvalue weighted by atomic mass is 10.1. The van der Waals surface area contributed by atoms with Crippen LogP contribution in [0.4, 0.5) is 5.13 Å². The van der Waals surface area contributed by atoms with Gasteiger partial charge in [-0.15, -0.1) is 11.3 Å². The van der Waals surface area contributed by atoms with Crippen molar-refractivity contribution in [1.82, 2.24) is 15.8 Å². The molecule has 2 aromatic rings. The number of aromatic nitrogens is 1. The lowest BCUT2D eigenvalue weighted by Crippen LogP contribution is -2.42. The molecule has 2 N–H and O–H groups in total. The molecule has 1 aliphatic rings. The van der Waals surface area contributed by atoms with Gasteiger partial charge >= 0.3 is 0 Å². The predicted octanol–water partition coefficient (Wildman–Crippen LogP) is 1.38. The van der Waals surface area contributed by atoms with Crippen LogP contribution in [0.15, 0.2) is 29.6 Å². The molecule has 3 rings (SSSR count). The third kappa shape index (κ3) is 5.41. The van der Waals surface area contributed by atoms with Crippen molar-refractivity contribution in [1.29, 1.82) is 0 Å². The second-order valence-corrected chi connectivity index (χ2v) is 6.80. The van der Waals surface area contributed by atoms with Crippen LogP contribution in [-0.2, 0) is 16.0 Å². The minimum absolute atomic E-state index is 0.261. The van der Waals surface area contributed by atoms with Crippen LogP contribution in [0.5, 0.6) is 5.75 Å². The number of anilines is 1. The Morgan fingerprint density at radius 1 is 1.22 bits per heavy atom. The zero-order valence-corrected chi connectivity index (χ0v) is 15.9. The molecule has 27 heavy (non-hydrogen) atoms. The fourth-order valence-corrected chi connectivity index (χ4v) is 3.43. The maximum atomic E-state index is 12.2. The molecule has 1 saturated heterocycles. The molecule has 0 unspecified atom stereocenters. The number of rotatable bonds is 6. The molecule has 8 nitrogen and oxygen atoms in total. The van der Waals surface area contributed by atoms with E-state index >= 15 is 0 Å². The number of nitrogens with zero attached hydrogens (tertiary/aromatic N) is 2. The van der Waals surface area contributed by atoms with Gasteiger partial charge in [-0.25, -0.2) is 4.98 Å². The van der Waals surface area contributed by atoms with Crippen LogP contribution in [0.25, 0.3) is 0 Å². The highest BCUT2D eigenvalue weighted by Gasteiger charge is 2.17. The second kappa shape index (κ2) is 9.33. The van der Waals surface area contributed by atoms with E-state index in [2.05, 4.69) is 20.7 Å². The zero-order chi connectivity index (χ0) is 19.1. The van der Waals surface area contributed by atoms with Gasteiger partial charge in [0.15, 0.2) is 5.13 Å². The van der Waals surface area contributed by atoms with E-state index in [9.17, 15) is 9.59 Å². The SMILES string of the molecule is COc1ccc(CCC(=O)NNC(=O)c2csc(N3CCOCC3)n2)cc1. The van der Waals surface area contributed by atoms with Crippen molar-refractivity contribution in [3.63, 3.8) is 0 Å². The van der Waals surface area contributed by atoms with Crippen LogP contribution >= 0.6 is 11.3 Å². The van der Waals surface area contributed by atoms with E-state index in [1.165, 1.54) is 11.3 Å². The molecule has 0 atom stereocenters. The van der Waals surface area contributed by atoms with Gasteiger partial charge in [0, 0.05) is 24.9 Å². The highest BCUT2D eigenvalue weighted by molar-refractivity contribution is 7.13. The second-order valence-electron chi connectivity index (χ2n) is 5.97. The maximum Gasteiger partial charge on any atom is 0.289 e. The third-order valence-electron chi connectivity index (χ3n) is 4.12. The number of morpholine rings is 1. The molecule has 144 valence electrons. The summed E-state index contributed by atoms with van der Waals surface area (Å²) < 4.78 is 10.4. The van der Waals surface area contributed by atoms with Gasteiger partial charge in [-0.1, -0.05) is 12.1 Å². The van der Waals surface area contributed by atoms with Gasteiger partial charge in [-0.3, -0.25) is 20.4 Å². The van der Waals surface area contributed by atoms with Gasteiger partial charge in [0.2, 0.25) is 5.91 Å². The summed E-state index contributed by atoms with van der Waals surface area (Å²) in [5.74, 6) is 0.0848. The monoisotopic (exact) mass is 390 g/mol. The molecule has 0 spiro atoms. The Labute approximate surface area is 161 Å². The lowest BCUT2D eigenvalue weighted by molar-refractivity contribution is -0.121. The number of methoxy groups -OCH3 is 1. The molecule has 0 radical (unpaired) electrons. The number of hydrogen-bond donors (Lipinski definition) is 2. The van der Waals surface area contributed by atoms with Gasteiger partial charge in [-0.05, 0) is 24.1 Å². The van der Waals surface area contributed by atoms with E-state index in [1.54, 1.807) is 12.5 Å². The summed E-state index contributed by atoms with van der Waals surface area (Å²) in [4.78, 5) is 30.5. The van der Waals surface area contributed by atoms with Crippen molar-refractivity contribution in [2.45, 2.75) is 12.8 Å². The number of amides is 2. The first-order chi connectivity index (χ1) is 13.2. The fraction of sp³-hybridized carbons (Fsp3) is 0.389. The number of benzene rings is 1. The quantitative estimate of drug-likeness (QED) is 0.724. The molecule has 1 aliphatic heterocycles. The van der Waals surface area contributed by atoms with Crippen molar-refractivity contribution < 1.29 is 19.1 Å². The molecule has 0 saturated carbocycles. The Bertz CT molecular complexity index is 772. The summed E-state index contributed by atoms with van der Waals surface area (Å²) in [7, 11) is 1.61. The van der Waals surface area contributed by atoms with Crippen LogP contribution in [0.2, 0.25) is 0 Å². The Morgan fingerprint density at radius 2 is 1.96 bits per heavy atom. The number of nitrogens with one attached hydrogen (secondary N) is 2. The molecule has 1 aromatic heterocycles. The van der Waals surface area contributed by atoms with E-state index in [1.807, 2.05) is 24.3 Å². The molecule has 2 heterocycles. The summed E-state index contributed by atoms with van der Waals surface area (Å²) >= 11 is 1.40. The molecular formula is C18H22N4O4S. The maximum absolute atomic E-state index is 12.2. The Hall–Kier alpha value is -2.65. The van der Waals surface area contributed by atoms with E-state index in [0.717, 1.165) is 29.5 Å². The van der Waals surface area contributed by atoms with Crippen LogP contribution in [0, 0.1) is 0 Å². The van der Waals surface area contributed by atoms with Crippen LogP contribution < -0.4 is 20.5 Å². The summed E-state index contributed by atoms with van der Waals surface area (Å²) in [6.07, 6.45) is 0.840. The number of thiazole rings is 1. The number of ether oxygens (including phenoxy) is 2. The Kier molecular flexibility index (Phi) is 6.61. The van der Waals surface area contributed by atoms with Crippen molar-refractivity contribution >= 4 is 28.3 Å². The van der Waals surface area contributed by atoms with E-state index < -0.39 is 5.91 Å². The van der Waals surface area contributed by atoms with E-state index in [0.29, 0.717) is 19.6 Å². The smallest absolute Gasteiger partial charge is 0.289 e. The standard InChI is InChI=1S/C18H22N4O4S/c1-25-14-5-2-13(3-6-14)4-7-16(23)20-21-17(24)15-12-27-18(19-15)22-8-10-26-11-9-22/h2-3,5-6,12H,4,7-11H2,1H3,(H,20,23)(H,21,24). The van der Waals surface area contributed by atoms with E-state index in [-0.39, 0.29) is 18.0 Å². The number of hydrazine groups is 1. The van der Waals surface area contributed by atoms with Crippen molar-refractivity contribution in [3.8, 4) is 5.75 Å². The predicted molar refractivity (Wildman–Crippen MR) is 102 cm³/mol. The topological polar surface area (TPSA) is 92.8 Å². The number of carbonyl (C=O) groups excluding carboxylic acids is 2. The summed E-state index contributed by atoms with van der Waals surface area (Å²) in [6, 6.07) is 7.52. The van der Waals surface area contributed by atoms with Gasteiger partial charge in [-0.2, -0.15) is 0 Å². The van der Waals surface area contributed by atoms with Gasteiger partial charge < -0.3 is 14.4 Å². The molecule has 2 amide bonds. The summed E-state index contributed by atoms with van der Waals surface area (Å²) in [6.45, 7) is 2.84. The average Bonchev–Trinajstić information content (AvgIpc) is 3.22. The molecule has 0 bridgehead atoms. The molecular weight excluding hydrogens is 368 g/mol. The van der Waals surface area contributed by atoms with Crippen LogP contribution in [0.3, 0.4) is 0 Å². The average molecular weight is 390 g/mol. The van der Waals surface area contributed by atoms with Gasteiger partial charge in [0.05, 0.1) is 20.3 Å². The minimum atomic E-state index is -0.427. The minimum Gasteiger partial charge on any atom is -0.497 e. The van der Waals surface area contributed by atoms with Crippen molar-refractivity contribution in [2.24, 2.45) is 0 Å². The van der Waals surface area contributed by atoms with Gasteiger partial charge in [0.1, 0.15) is 11.4 Å². The molecule has 0 aliphatic carbocycles. The van der Waals surface area contributed by atoms with Crippen molar-refractivity contribution in [2.75, 3.05) is 38.3 Å². The van der Waals surface area contributed by atoms with E-state index in [4.69, 9.17) is 9.47 Å². The van der Waals surface area contributed by atoms with Crippen LogP contribution in [-0.4, -0.2) is 50.2 Å². The number of carbonyl (C=O) groups is 2. The normalized spacial score (nSPS) is 13.9. The van der Waals surface area contributed by atoms with Crippen molar-refractivity contribution in [3.05, 3.63) is 40.9 Å². The summed E-state index contributed by atoms with van der Waals surface area (Å²) in [5.41, 5.74) is 6.15. The zero-order valence-electron chi connectivity index (χ0n) is 15.1. The first-order valence-corrected chi connectivity index (χ1v) is 9.54. The molecule has 1 aromatic carbocycles. The Balaban J connectivity index is 1.42. The highest BCUT2D eigenvalue weighted by Crippen LogP contribution is 2.21. The van der Waals surface area contributed by atoms with Gasteiger partial charge in [0.25, 0.3) is 5.91 Å². The first kappa shape index (κ1) is 19.1. The Morgan fingerprint density at radius 3 is 2.67 bits per heavy atom. The van der Waals surface area contributed by atoms with Crippen LogP contribution in [0.1, 0.15) is 22.5 Å². The number of aryl methyl sites for hydroxylation is 1. The molecule has 1 fully saturated rings. The molecule has 9 heteroatoms. The first-order valence-electron chi connectivity index (χ1n) is 8.66. The number of hydrogen-bond acceptors (Lipinski definition) is 7. The summed E-state index contributed by atoms with van der Waals surface area (Å²) in [5, 5.41) is 2.47. The highest BCUT2D eigenvalue weighted by atomic mass is 32.1. The fourth-order valence-electron chi connectivity index (χ4n) is 2.57. The third-order valence-corrected chi connectivity index (χ3v) is 5.02.